The van der Waals surface area contributed by atoms with E-state index in [1.54, 1.807) is 36.2 Å². The summed E-state index contributed by atoms with van der Waals surface area (Å²) in [5, 5.41) is 0.431. The van der Waals surface area contributed by atoms with Crippen LogP contribution in [0.5, 0.6) is 5.75 Å². The molecule has 162 valence electrons. The van der Waals surface area contributed by atoms with Gasteiger partial charge in [-0.2, -0.15) is 0 Å². The number of benzene rings is 2. The predicted molar refractivity (Wildman–Crippen MR) is 119 cm³/mol. The van der Waals surface area contributed by atoms with E-state index in [2.05, 4.69) is 0 Å². The Hall–Kier alpha value is -3.35. The second-order valence-corrected chi connectivity index (χ2v) is 8.17. The zero-order valence-corrected chi connectivity index (χ0v) is 17.9. The molecule has 7 heteroatoms. The van der Waals surface area contributed by atoms with Crippen molar-refractivity contribution in [2.75, 3.05) is 19.7 Å². The molecule has 0 bridgehead atoms. The van der Waals surface area contributed by atoms with Crippen molar-refractivity contribution in [3.8, 4) is 5.75 Å². The number of hydrogen-bond acceptors (Lipinski definition) is 4. The van der Waals surface area contributed by atoms with Crippen LogP contribution in [0, 0.1) is 12.8 Å². The highest BCUT2D eigenvalue weighted by atomic mass is 16.5. The first-order chi connectivity index (χ1) is 15.0. The summed E-state index contributed by atoms with van der Waals surface area (Å²) >= 11 is 0. The van der Waals surface area contributed by atoms with Crippen LogP contribution in [0.4, 0.5) is 0 Å². The monoisotopic (exact) mass is 421 g/mol. The van der Waals surface area contributed by atoms with E-state index in [0.717, 1.165) is 28.7 Å². The number of amides is 1. The van der Waals surface area contributed by atoms with Crippen LogP contribution in [-0.4, -0.2) is 39.6 Å². The van der Waals surface area contributed by atoms with E-state index in [1.165, 1.54) is 4.57 Å². The molecule has 1 amide bonds. The molecule has 1 fully saturated rings. The van der Waals surface area contributed by atoms with E-state index in [9.17, 15) is 14.4 Å². The van der Waals surface area contributed by atoms with Crippen LogP contribution in [0.25, 0.3) is 10.9 Å². The second kappa shape index (κ2) is 8.79. The quantitative estimate of drug-likeness (QED) is 0.634. The van der Waals surface area contributed by atoms with Gasteiger partial charge in [0.1, 0.15) is 12.3 Å². The van der Waals surface area contributed by atoms with E-state index in [4.69, 9.17) is 4.74 Å². The Balaban J connectivity index is 1.47. The third kappa shape index (κ3) is 4.26. The van der Waals surface area contributed by atoms with Gasteiger partial charge in [-0.25, -0.2) is 4.79 Å². The Bertz CT molecular complexity index is 1230. The van der Waals surface area contributed by atoms with Crippen LogP contribution in [-0.2, 0) is 18.4 Å². The van der Waals surface area contributed by atoms with Crippen molar-refractivity contribution < 1.29 is 9.53 Å². The summed E-state index contributed by atoms with van der Waals surface area (Å²) in [7, 11) is 1.62. The normalized spacial score (nSPS) is 16.5. The Morgan fingerprint density at radius 3 is 2.65 bits per heavy atom. The molecule has 0 radical (unpaired) electrons. The highest BCUT2D eigenvalue weighted by molar-refractivity contribution is 5.79. The summed E-state index contributed by atoms with van der Waals surface area (Å²) in [5.74, 6) is 0.862. The number of para-hydroxylation sites is 2. The predicted octanol–water partition coefficient (Wildman–Crippen LogP) is 2.33. The minimum Gasteiger partial charge on any atom is -0.493 e. The van der Waals surface area contributed by atoms with Crippen molar-refractivity contribution in [2.45, 2.75) is 26.3 Å². The van der Waals surface area contributed by atoms with E-state index < -0.39 is 11.2 Å². The van der Waals surface area contributed by atoms with Crippen molar-refractivity contribution in [1.82, 2.24) is 14.0 Å². The molecule has 1 unspecified atom stereocenters. The van der Waals surface area contributed by atoms with Crippen LogP contribution in [0.15, 0.2) is 58.1 Å². The summed E-state index contributed by atoms with van der Waals surface area (Å²) in [6, 6.07) is 14.8. The lowest BCUT2D eigenvalue weighted by atomic mass is 9.99. The number of likely N-dealkylation sites (tertiary alicyclic amines) is 1. The van der Waals surface area contributed by atoms with Gasteiger partial charge in [0.05, 0.1) is 17.5 Å². The molecule has 1 aromatic heterocycles. The lowest BCUT2D eigenvalue weighted by Crippen LogP contribution is -2.47. The van der Waals surface area contributed by atoms with Gasteiger partial charge in [0, 0.05) is 26.1 Å². The molecule has 0 N–H and O–H groups in total. The van der Waals surface area contributed by atoms with Crippen molar-refractivity contribution in [2.24, 2.45) is 13.0 Å². The number of hydrogen-bond donors (Lipinski definition) is 0. The zero-order chi connectivity index (χ0) is 22.0. The first-order valence-corrected chi connectivity index (χ1v) is 10.6. The number of aromatic nitrogens is 2. The summed E-state index contributed by atoms with van der Waals surface area (Å²) in [5.41, 5.74) is 0.738. The standard InChI is InChI=1S/C24H27N3O4/c1-17-8-3-6-12-21(17)31-16-18-9-7-13-26(14-18)22(28)15-27-23(29)19-10-4-5-11-20(19)25(2)24(27)30/h3-6,8,10-12,18H,7,9,13-16H2,1-2H3. The number of nitrogens with zero attached hydrogens (tertiary/aromatic N) is 3. The molecule has 1 atom stereocenters. The summed E-state index contributed by atoms with van der Waals surface area (Å²) in [6.07, 6.45) is 1.85. The minimum atomic E-state index is -0.478. The van der Waals surface area contributed by atoms with Gasteiger partial charge in [0.15, 0.2) is 0 Å². The lowest BCUT2D eigenvalue weighted by Gasteiger charge is -2.33. The largest absolute Gasteiger partial charge is 0.493 e. The van der Waals surface area contributed by atoms with Crippen LogP contribution >= 0.6 is 0 Å². The summed E-state index contributed by atoms with van der Waals surface area (Å²) < 4.78 is 8.43. The number of carbonyl (C=O) groups is 1. The molecule has 4 rings (SSSR count). The van der Waals surface area contributed by atoms with Crippen LogP contribution < -0.4 is 16.0 Å². The molecule has 1 saturated heterocycles. The fourth-order valence-electron chi connectivity index (χ4n) is 4.19. The van der Waals surface area contributed by atoms with E-state index in [-0.39, 0.29) is 18.4 Å². The van der Waals surface area contributed by atoms with Crippen molar-refractivity contribution >= 4 is 16.8 Å². The maximum atomic E-state index is 13.0. The Kier molecular flexibility index (Phi) is 5.93. The van der Waals surface area contributed by atoms with Gasteiger partial charge in [-0.1, -0.05) is 30.3 Å². The fourth-order valence-corrected chi connectivity index (χ4v) is 4.19. The molecule has 2 heterocycles. The van der Waals surface area contributed by atoms with Gasteiger partial charge in [-0.3, -0.25) is 18.7 Å². The number of fused-ring (bicyclic) bond motifs is 1. The number of aryl methyl sites for hydroxylation is 2. The molecule has 2 aromatic carbocycles. The molecule has 7 nitrogen and oxygen atoms in total. The van der Waals surface area contributed by atoms with E-state index >= 15 is 0 Å². The van der Waals surface area contributed by atoms with Crippen molar-refractivity contribution in [3.63, 3.8) is 0 Å². The Morgan fingerprint density at radius 1 is 1.10 bits per heavy atom. The SMILES string of the molecule is Cc1ccccc1OCC1CCCN(C(=O)Cn2c(=O)c3ccccc3n(C)c2=O)C1. The number of carbonyl (C=O) groups excluding carboxylic acids is 1. The maximum absolute atomic E-state index is 13.0. The van der Waals surface area contributed by atoms with E-state index in [0.29, 0.717) is 30.6 Å². The maximum Gasteiger partial charge on any atom is 0.331 e. The molecule has 0 spiro atoms. The Morgan fingerprint density at radius 2 is 1.84 bits per heavy atom. The smallest absolute Gasteiger partial charge is 0.331 e. The van der Waals surface area contributed by atoms with Crippen molar-refractivity contribution in [1.29, 1.82) is 0 Å². The van der Waals surface area contributed by atoms with Gasteiger partial charge < -0.3 is 9.64 Å². The van der Waals surface area contributed by atoms with Gasteiger partial charge in [0.25, 0.3) is 5.56 Å². The fraction of sp³-hybridized carbons (Fsp3) is 0.375. The van der Waals surface area contributed by atoms with Gasteiger partial charge >= 0.3 is 5.69 Å². The molecule has 1 aliphatic rings. The van der Waals surface area contributed by atoms with Crippen molar-refractivity contribution in [3.05, 3.63) is 74.9 Å². The zero-order valence-electron chi connectivity index (χ0n) is 17.9. The highest BCUT2D eigenvalue weighted by Crippen LogP contribution is 2.21. The second-order valence-electron chi connectivity index (χ2n) is 8.17. The molecular weight excluding hydrogens is 394 g/mol. The third-order valence-corrected chi connectivity index (χ3v) is 5.99. The number of rotatable bonds is 5. The third-order valence-electron chi connectivity index (χ3n) is 5.99. The number of piperidine rings is 1. The van der Waals surface area contributed by atoms with E-state index in [1.807, 2.05) is 31.2 Å². The molecule has 0 saturated carbocycles. The topological polar surface area (TPSA) is 73.5 Å². The first kappa shape index (κ1) is 20.9. The highest BCUT2D eigenvalue weighted by Gasteiger charge is 2.25. The average molecular weight is 421 g/mol. The Labute approximate surface area is 180 Å². The molecule has 0 aliphatic carbocycles. The summed E-state index contributed by atoms with van der Waals surface area (Å²) in [4.78, 5) is 40.3. The molecule has 3 aromatic rings. The van der Waals surface area contributed by atoms with Gasteiger partial charge in [0.2, 0.25) is 5.91 Å². The van der Waals surface area contributed by atoms with Crippen LogP contribution in [0.3, 0.4) is 0 Å². The van der Waals surface area contributed by atoms with Crippen LogP contribution in [0.2, 0.25) is 0 Å². The minimum absolute atomic E-state index is 0.213. The summed E-state index contributed by atoms with van der Waals surface area (Å²) in [6.45, 7) is 3.48. The number of ether oxygens (including phenoxy) is 1. The molecule has 31 heavy (non-hydrogen) atoms. The van der Waals surface area contributed by atoms with Gasteiger partial charge in [-0.15, -0.1) is 0 Å². The van der Waals surface area contributed by atoms with Crippen LogP contribution in [0.1, 0.15) is 18.4 Å². The first-order valence-electron chi connectivity index (χ1n) is 10.6. The molecular formula is C24H27N3O4. The molecule has 1 aliphatic heterocycles. The lowest BCUT2D eigenvalue weighted by molar-refractivity contribution is -0.134. The van der Waals surface area contributed by atoms with Gasteiger partial charge in [-0.05, 0) is 43.5 Å². The average Bonchev–Trinajstić information content (AvgIpc) is 2.80.